The number of unbranched alkanes of at least 4 members (excludes halogenated alkanes) is 1. The van der Waals surface area contributed by atoms with Crippen molar-refractivity contribution in [3.63, 3.8) is 0 Å². The van der Waals surface area contributed by atoms with Gasteiger partial charge in [-0.25, -0.2) is 8.42 Å². The highest BCUT2D eigenvalue weighted by Crippen LogP contribution is 2.35. The van der Waals surface area contributed by atoms with Crippen LogP contribution in [-0.4, -0.2) is 37.8 Å². The molecule has 5 nitrogen and oxygen atoms in total. The molecular weight excluding hydrogens is 393 g/mol. The van der Waals surface area contributed by atoms with Crippen LogP contribution in [0.25, 0.3) is 0 Å². The van der Waals surface area contributed by atoms with E-state index in [9.17, 15) is 26.4 Å². The molecule has 0 spiro atoms. The Hall–Kier alpha value is -1.61. The Balaban J connectivity index is 2.27. The summed E-state index contributed by atoms with van der Waals surface area (Å²) in [4.78, 5) is 11.9. The molecule has 1 aromatic carbocycles. The highest BCUT2D eigenvalue weighted by atomic mass is 32.2. The summed E-state index contributed by atoms with van der Waals surface area (Å²) in [5.74, 6) is -0.712. The molecule has 1 N–H and O–H groups in total. The highest BCUT2D eigenvalue weighted by molar-refractivity contribution is 7.89. The number of amides is 1. The van der Waals surface area contributed by atoms with Crippen molar-refractivity contribution >= 4 is 15.9 Å². The normalized spacial score (nSPS) is 21.5. The minimum atomic E-state index is -4.63. The molecule has 0 saturated carbocycles. The maximum absolute atomic E-state index is 13.2. The number of piperidine rings is 1. The number of benzene rings is 1. The molecule has 0 aliphatic carbocycles. The minimum Gasteiger partial charge on any atom is -0.356 e. The first kappa shape index (κ1) is 22.7. The van der Waals surface area contributed by atoms with E-state index >= 15 is 0 Å². The summed E-state index contributed by atoms with van der Waals surface area (Å²) < 4.78 is 66.8. The van der Waals surface area contributed by atoms with Gasteiger partial charge in [-0.05, 0) is 50.8 Å². The molecule has 1 heterocycles. The zero-order valence-corrected chi connectivity index (χ0v) is 17.2. The van der Waals surface area contributed by atoms with Gasteiger partial charge in [0, 0.05) is 19.1 Å². The van der Waals surface area contributed by atoms with Gasteiger partial charge in [-0.2, -0.15) is 17.5 Å². The SMILES string of the molecule is CCCCNC(=O)C1CCC(C)N(S(=O)(=O)c2ccc(C)c(C(F)(F)F)c2)C1. The van der Waals surface area contributed by atoms with E-state index in [1.54, 1.807) is 6.92 Å². The maximum atomic E-state index is 13.2. The molecular formula is C19H27F3N2O3S. The van der Waals surface area contributed by atoms with Crippen LogP contribution in [0.15, 0.2) is 23.1 Å². The van der Waals surface area contributed by atoms with E-state index in [4.69, 9.17) is 0 Å². The van der Waals surface area contributed by atoms with Crippen molar-refractivity contribution in [2.24, 2.45) is 5.92 Å². The molecule has 2 atom stereocenters. The first-order chi connectivity index (χ1) is 13.0. The Labute approximate surface area is 164 Å². The maximum Gasteiger partial charge on any atom is 0.416 e. The number of hydrogen-bond acceptors (Lipinski definition) is 3. The Morgan fingerprint density at radius 3 is 2.57 bits per heavy atom. The average molecular weight is 420 g/mol. The number of hydrogen-bond donors (Lipinski definition) is 1. The van der Waals surface area contributed by atoms with E-state index in [1.165, 1.54) is 19.1 Å². The monoisotopic (exact) mass is 420 g/mol. The van der Waals surface area contributed by atoms with Crippen LogP contribution in [0, 0.1) is 12.8 Å². The Morgan fingerprint density at radius 2 is 1.96 bits per heavy atom. The van der Waals surface area contributed by atoms with Gasteiger partial charge in [-0.1, -0.05) is 19.4 Å². The molecule has 0 aromatic heterocycles. The molecule has 158 valence electrons. The standard InChI is InChI=1S/C19H27F3N2O3S/c1-4-5-10-23-18(25)15-8-7-14(3)24(12-15)28(26,27)16-9-6-13(2)17(11-16)19(20,21)22/h6,9,11,14-15H,4-5,7-8,10,12H2,1-3H3,(H,23,25). The molecule has 2 unspecified atom stereocenters. The van der Waals surface area contributed by atoms with Crippen LogP contribution in [0.5, 0.6) is 0 Å². The molecule has 1 fully saturated rings. The summed E-state index contributed by atoms with van der Waals surface area (Å²) in [6.07, 6.45) is -1.85. The van der Waals surface area contributed by atoms with Crippen LogP contribution in [0.3, 0.4) is 0 Å². The molecule has 9 heteroatoms. The lowest BCUT2D eigenvalue weighted by atomic mass is 9.94. The highest BCUT2D eigenvalue weighted by Gasteiger charge is 2.39. The molecule has 28 heavy (non-hydrogen) atoms. The minimum absolute atomic E-state index is 0.0311. The summed E-state index contributed by atoms with van der Waals surface area (Å²) in [6, 6.07) is 2.65. The molecule has 1 aromatic rings. The first-order valence-corrected chi connectivity index (χ1v) is 10.9. The van der Waals surface area contributed by atoms with Gasteiger partial charge in [0.15, 0.2) is 0 Å². The largest absolute Gasteiger partial charge is 0.416 e. The Morgan fingerprint density at radius 1 is 1.29 bits per heavy atom. The van der Waals surface area contributed by atoms with Crippen molar-refractivity contribution in [1.82, 2.24) is 9.62 Å². The number of carbonyl (C=O) groups is 1. The summed E-state index contributed by atoms with van der Waals surface area (Å²) in [5.41, 5.74) is -1.00. The molecule has 1 amide bonds. The van der Waals surface area contributed by atoms with Crippen LogP contribution in [0.4, 0.5) is 13.2 Å². The number of sulfonamides is 1. The van der Waals surface area contributed by atoms with Crippen molar-refractivity contribution in [2.75, 3.05) is 13.1 Å². The third kappa shape index (κ3) is 5.05. The smallest absolute Gasteiger partial charge is 0.356 e. The quantitative estimate of drug-likeness (QED) is 0.714. The van der Waals surface area contributed by atoms with Crippen LogP contribution < -0.4 is 5.32 Å². The van der Waals surface area contributed by atoms with Crippen molar-refractivity contribution in [3.8, 4) is 0 Å². The van der Waals surface area contributed by atoms with E-state index in [0.717, 1.165) is 17.1 Å². The van der Waals surface area contributed by atoms with E-state index in [-0.39, 0.29) is 24.1 Å². The van der Waals surface area contributed by atoms with Crippen molar-refractivity contribution < 1.29 is 26.4 Å². The molecule has 2 rings (SSSR count). The van der Waals surface area contributed by atoms with Gasteiger partial charge in [0.05, 0.1) is 16.4 Å². The molecule has 0 radical (unpaired) electrons. The second-order valence-corrected chi connectivity index (χ2v) is 9.21. The van der Waals surface area contributed by atoms with Gasteiger partial charge in [-0.3, -0.25) is 4.79 Å². The van der Waals surface area contributed by atoms with Crippen molar-refractivity contribution in [3.05, 3.63) is 29.3 Å². The number of carbonyl (C=O) groups excluding carboxylic acids is 1. The van der Waals surface area contributed by atoms with Gasteiger partial charge < -0.3 is 5.32 Å². The van der Waals surface area contributed by atoms with Gasteiger partial charge in [-0.15, -0.1) is 0 Å². The average Bonchev–Trinajstić information content (AvgIpc) is 2.61. The third-order valence-corrected chi connectivity index (χ3v) is 7.12. The van der Waals surface area contributed by atoms with Crippen LogP contribution in [0.2, 0.25) is 0 Å². The molecule has 1 aliphatic rings. The van der Waals surface area contributed by atoms with Gasteiger partial charge in [0.1, 0.15) is 0 Å². The fourth-order valence-electron chi connectivity index (χ4n) is 3.36. The Kier molecular flexibility index (Phi) is 7.14. The Bertz CT molecular complexity index is 809. The van der Waals surface area contributed by atoms with E-state index < -0.39 is 32.6 Å². The fraction of sp³-hybridized carbons (Fsp3) is 0.632. The number of rotatable bonds is 6. The van der Waals surface area contributed by atoms with E-state index in [0.29, 0.717) is 25.5 Å². The summed E-state index contributed by atoms with van der Waals surface area (Å²) in [5, 5.41) is 2.81. The lowest BCUT2D eigenvalue weighted by Gasteiger charge is -2.36. The summed E-state index contributed by atoms with van der Waals surface area (Å²) in [7, 11) is -4.15. The topological polar surface area (TPSA) is 66.5 Å². The van der Waals surface area contributed by atoms with Gasteiger partial charge >= 0.3 is 6.18 Å². The molecule has 0 bridgehead atoms. The number of halogens is 3. The van der Waals surface area contributed by atoms with Crippen LogP contribution >= 0.6 is 0 Å². The number of alkyl halides is 3. The lowest BCUT2D eigenvalue weighted by Crippen LogP contribution is -2.49. The molecule has 1 saturated heterocycles. The third-order valence-electron chi connectivity index (χ3n) is 5.15. The summed E-state index contributed by atoms with van der Waals surface area (Å²) >= 11 is 0. The van der Waals surface area contributed by atoms with Crippen molar-refractivity contribution in [1.29, 1.82) is 0 Å². The zero-order chi connectivity index (χ0) is 21.1. The second kappa shape index (κ2) is 8.82. The van der Waals surface area contributed by atoms with E-state index in [1.807, 2.05) is 6.92 Å². The first-order valence-electron chi connectivity index (χ1n) is 9.45. The number of aryl methyl sites for hydroxylation is 1. The van der Waals surface area contributed by atoms with Crippen molar-refractivity contribution in [2.45, 2.75) is 63.6 Å². The molecule has 1 aliphatic heterocycles. The van der Waals surface area contributed by atoms with E-state index in [2.05, 4.69) is 5.32 Å². The van der Waals surface area contributed by atoms with Gasteiger partial charge in [0.25, 0.3) is 0 Å². The summed E-state index contributed by atoms with van der Waals surface area (Å²) in [6.45, 7) is 5.50. The fourth-order valence-corrected chi connectivity index (χ4v) is 5.09. The van der Waals surface area contributed by atoms with Crippen LogP contribution in [0.1, 0.15) is 50.7 Å². The van der Waals surface area contributed by atoms with Gasteiger partial charge in [0.2, 0.25) is 15.9 Å². The predicted molar refractivity (Wildman–Crippen MR) is 100 cm³/mol. The predicted octanol–water partition coefficient (Wildman–Crippen LogP) is 3.72. The zero-order valence-electron chi connectivity index (χ0n) is 16.3. The number of nitrogens with zero attached hydrogens (tertiary/aromatic N) is 1. The van der Waals surface area contributed by atoms with Crippen LogP contribution in [-0.2, 0) is 21.0 Å². The second-order valence-electron chi connectivity index (χ2n) is 7.32. The number of nitrogens with one attached hydrogen (secondary N) is 1. The lowest BCUT2D eigenvalue weighted by molar-refractivity contribution is -0.138.